The SMILES string of the molecule is O=C1C(Cc2ccc(Br)cc2Cl)CCN1[C@H]1CC[C@H](F)CC1. The maximum atomic E-state index is 13.3. The fourth-order valence-corrected chi connectivity index (χ4v) is 4.37. The third-order valence-electron chi connectivity index (χ3n) is 4.90. The lowest BCUT2D eigenvalue weighted by Gasteiger charge is -2.32. The van der Waals surface area contributed by atoms with Gasteiger partial charge in [0.2, 0.25) is 5.91 Å². The van der Waals surface area contributed by atoms with E-state index < -0.39 is 6.17 Å². The minimum atomic E-state index is -0.675. The van der Waals surface area contributed by atoms with E-state index in [1.165, 1.54) is 0 Å². The highest BCUT2D eigenvalue weighted by Gasteiger charge is 2.37. The van der Waals surface area contributed by atoms with E-state index in [0.717, 1.165) is 35.8 Å². The molecule has 0 radical (unpaired) electrons. The quantitative estimate of drug-likeness (QED) is 0.730. The number of benzene rings is 1. The molecule has 1 saturated carbocycles. The molecule has 3 rings (SSSR count). The minimum Gasteiger partial charge on any atom is -0.339 e. The zero-order valence-corrected chi connectivity index (χ0v) is 14.7. The summed E-state index contributed by atoms with van der Waals surface area (Å²) in [7, 11) is 0. The third kappa shape index (κ3) is 3.48. The lowest BCUT2D eigenvalue weighted by molar-refractivity contribution is -0.133. The highest BCUT2D eigenvalue weighted by atomic mass is 79.9. The molecule has 2 nitrogen and oxygen atoms in total. The van der Waals surface area contributed by atoms with Gasteiger partial charge in [0.1, 0.15) is 6.17 Å². The molecule has 120 valence electrons. The van der Waals surface area contributed by atoms with Gasteiger partial charge >= 0.3 is 0 Å². The van der Waals surface area contributed by atoms with Crippen molar-refractivity contribution in [3.8, 4) is 0 Å². The van der Waals surface area contributed by atoms with Crippen molar-refractivity contribution in [2.45, 2.75) is 50.7 Å². The summed E-state index contributed by atoms with van der Waals surface area (Å²) in [5.74, 6) is 0.239. The van der Waals surface area contributed by atoms with Crippen molar-refractivity contribution >= 4 is 33.4 Å². The van der Waals surface area contributed by atoms with Crippen LogP contribution in [-0.2, 0) is 11.2 Å². The second kappa shape index (κ2) is 6.88. The van der Waals surface area contributed by atoms with Crippen LogP contribution in [0.3, 0.4) is 0 Å². The fraction of sp³-hybridized carbons (Fsp3) is 0.588. The number of nitrogens with zero attached hydrogens (tertiary/aromatic N) is 1. The molecule has 5 heteroatoms. The minimum absolute atomic E-state index is 0.0155. The van der Waals surface area contributed by atoms with Crippen molar-refractivity contribution in [1.82, 2.24) is 4.90 Å². The Kier molecular flexibility index (Phi) is 5.08. The maximum Gasteiger partial charge on any atom is 0.226 e. The fourth-order valence-electron chi connectivity index (χ4n) is 3.61. The van der Waals surface area contributed by atoms with E-state index in [0.29, 0.717) is 24.3 Å². The van der Waals surface area contributed by atoms with Crippen molar-refractivity contribution in [3.05, 3.63) is 33.3 Å². The molecule has 22 heavy (non-hydrogen) atoms. The van der Waals surface area contributed by atoms with Gasteiger partial charge < -0.3 is 4.90 Å². The van der Waals surface area contributed by atoms with Gasteiger partial charge in [-0.15, -0.1) is 0 Å². The molecule has 1 aliphatic heterocycles. The number of amides is 1. The molecule has 2 fully saturated rings. The highest BCUT2D eigenvalue weighted by molar-refractivity contribution is 9.10. The van der Waals surface area contributed by atoms with Gasteiger partial charge in [-0.1, -0.05) is 33.6 Å². The molecule has 1 aromatic rings. The van der Waals surface area contributed by atoms with E-state index in [9.17, 15) is 9.18 Å². The number of halogens is 3. The van der Waals surface area contributed by atoms with Crippen molar-refractivity contribution in [2.24, 2.45) is 5.92 Å². The number of carbonyl (C=O) groups is 1. The molecule has 0 bridgehead atoms. The average molecular weight is 389 g/mol. The van der Waals surface area contributed by atoms with Crippen molar-refractivity contribution in [3.63, 3.8) is 0 Å². The molecule has 1 amide bonds. The Morgan fingerprint density at radius 1 is 1.23 bits per heavy atom. The van der Waals surface area contributed by atoms with Crippen LogP contribution < -0.4 is 0 Å². The molecule has 0 N–H and O–H groups in total. The first-order valence-electron chi connectivity index (χ1n) is 7.93. The van der Waals surface area contributed by atoms with Gasteiger partial charge in [0, 0.05) is 28.0 Å². The Balaban J connectivity index is 1.63. The average Bonchev–Trinajstić information content (AvgIpc) is 2.84. The van der Waals surface area contributed by atoms with E-state index in [2.05, 4.69) is 15.9 Å². The van der Waals surface area contributed by atoms with E-state index in [-0.39, 0.29) is 17.9 Å². The normalized spacial score (nSPS) is 29.1. The van der Waals surface area contributed by atoms with Gasteiger partial charge in [-0.25, -0.2) is 4.39 Å². The molecule has 2 aliphatic rings. The molecule has 1 aliphatic carbocycles. The molecule has 0 spiro atoms. The summed E-state index contributed by atoms with van der Waals surface area (Å²) >= 11 is 9.66. The summed E-state index contributed by atoms with van der Waals surface area (Å²) < 4.78 is 14.2. The predicted octanol–water partition coefficient (Wildman–Crippen LogP) is 4.77. The van der Waals surface area contributed by atoms with Crippen LogP contribution in [0.1, 0.15) is 37.7 Å². The van der Waals surface area contributed by atoms with Crippen molar-refractivity contribution < 1.29 is 9.18 Å². The van der Waals surface area contributed by atoms with Crippen LogP contribution in [0.25, 0.3) is 0 Å². The summed E-state index contributed by atoms with van der Waals surface area (Å²) in [5.41, 5.74) is 1.03. The lowest BCUT2D eigenvalue weighted by atomic mass is 9.92. The summed E-state index contributed by atoms with van der Waals surface area (Å²) in [6.07, 6.45) is 3.69. The van der Waals surface area contributed by atoms with Gasteiger partial charge in [0.05, 0.1) is 0 Å². The first-order chi connectivity index (χ1) is 10.5. The van der Waals surface area contributed by atoms with Gasteiger partial charge in [-0.2, -0.15) is 0 Å². The highest BCUT2D eigenvalue weighted by Crippen LogP contribution is 2.32. The van der Waals surface area contributed by atoms with E-state index in [1.807, 2.05) is 23.1 Å². The number of carbonyl (C=O) groups excluding carboxylic acids is 1. The maximum absolute atomic E-state index is 13.3. The number of alkyl halides is 1. The number of hydrogen-bond acceptors (Lipinski definition) is 1. The van der Waals surface area contributed by atoms with Gasteiger partial charge in [-0.05, 0) is 56.2 Å². The van der Waals surface area contributed by atoms with Gasteiger partial charge in [0.25, 0.3) is 0 Å². The zero-order chi connectivity index (χ0) is 15.7. The summed E-state index contributed by atoms with van der Waals surface area (Å²) in [5, 5.41) is 0.707. The van der Waals surface area contributed by atoms with Crippen LogP contribution in [-0.4, -0.2) is 29.6 Å². The summed E-state index contributed by atoms with van der Waals surface area (Å²) in [4.78, 5) is 14.6. The second-order valence-electron chi connectivity index (χ2n) is 6.36. The molecule has 1 heterocycles. The topological polar surface area (TPSA) is 20.3 Å². The van der Waals surface area contributed by atoms with Crippen LogP contribution >= 0.6 is 27.5 Å². The first-order valence-corrected chi connectivity index (χ1v) is 9.10. The predicted molar refractivity (Wildman–Crippen MR) is 89.8 cm³/mol. The van der Waals surface area contributed by atoms with E-state index >= 15 is 0 Å². The third-order valence-corrected chi connectivity index (χ3v) is 5.74. The van der Waals surface area contributed by atoms with Crippen LogP contribution in [0.2, 0.25) is 5.02 Å². The Labute approximate surface area is 144 Å². The molecule has 1 unspecified atom stereocenters. The van der Waals surface area contributed by atoms with Crippen LogP contribution in [0.15, 0.2) is 22.7 Å². The lowest BCUT2D eigenvalue weighted by Crippen LogP contribution is -2.40. The smallest absolute Gasteiger partial charge is 0.226 e. The molecule has 1 atom stereocenters. The van der Waals surface area contributed by atoms with Crippen molar-refractivity contribution in [1.29, 1.82) is 0 Å². The molecular weight excluding hydrogens is 369 g/mol. The molecule has 0 aromatic heterocycles. The van der Waals surface area contributed by atoms with Crippen LogP contribution in [0.4, 0.5) is 4.39 Å². The largest absolute Gasteiger partial charge is 0.339 e. The summed E-state index contributed by atoms with van der Waals surface area (Å²) in [6, 6.07) is 6.05. The van der Waals surface area contributed by atoms with Gasteiger partial charge in [0.15, 0.2) is 0 Å². The standard InChI is InChI=1S/C17H20BrClFNO/c18-13-2-1-11(16(19)10-13)9-12-7-8-21(17(12)22)15-5-3-14(20)4-6-15/h1-2,10,12,14-15H,3-9H2/t12?,14-,15-. The van der Waals surface area contributed by atoms with Crippen LogP contribution in [0, 0.1) is 5.92 Å². The Morgan fingerprint density at radius 3 is 2.64 bits per heavy atom. The zero-order valence-electron chi connectivity index (χ0n) is 12.4. The Bertz CT molecular complexity index is 560. The molecular formula is C17H20BrClFNO. The number of rotatable bonds is 3. The number of likely N-dealkylation sites (tertiary alicyclic amines) is 1. The van der Waals surface area contributed by atoms with Crippen molar-refractivity contribution in [2.75, 3.05) is 6.54 Å². The Hall–Kier alpha value is -0.610. The first kappa shape index (κ1) is 16.3. The molecule has 1 saturated heterocycles. The van der Waals surface area contributed by atoms with Gasteiger partial charge in [-0.3, -0.25) is 4.79 Å². The molecule has 1 aromatic carbocycles. The Morgan fingerprint density at radius 2 is 1.95 bits per heavy atom. The van der Waals surface area contributed by atoms with Crippen LogP contribution in [0.5, 0.6) is 0 Å². The second-order valence-corrected chi connectivity index (χ2v) is 7.69. The monoisotopic (exact) mass is 387 g/mol. The number of hydrogen-bond donors (Lipinski definition) is 0. The van der Waals surface area contributed by atoms with E-state index in [1.54, 1.807) is 0 Å². The van der Waals surface area contributed by atoms with E-state index in [4.69, 9.17) is 11.6 Å². The summed E-state index contributed by atoms with van der Waals surface area (Å²) in [6.45, 7) is 0.805.